The second kappa shape index (κ2) is 4.50. The molecule has 90 valence electrons. The number of nitrogens with two attached hydrogens (primary N) is 1. The minimum atomic E-state index is 0.458. The van der Waals surface area contributed by atoms with Crippen molar-refractivity contribution in [2.75, 3.05) is 23.8 Å². The molecule has 0 spiro atoms. The summed E-state index contributed by atoms with van der Waals surface area (Å²) in [5.74, 6) is 3.69. The van der Waals surface area contributed by atoms with Crippen molar-refractivity contribution in [2.24, 2.45) is 0 Å². The van der Waals surface area contributed by atoms with Crippen molar-refractivity contribution in [2.45, 2.75) is 12.5 Å². The number of fused-ring (bicyclic) bond motifs is 1. The average molecular weight is 250 g/mol. The van der Waals surface area contributed by atoms with Crippen LogP contribution in [0.15, 0.2) is 6.33 Å². The Hall–Kier alpha value is -1.34. The fourth-order valence-electron chi connectivity index (χ4n) is 1.98. The number of nitrogens with one attached hydrogen (secondary N) is 2. The Labute approximate surface area is 103 Å². The predicted octanol–water partition coefficient (Wildman–Crippen LogP) is 0.183. The van der Waals surface area contributed by atoms with E-state index in [0.717, 1.165) is 30.1 Å². The first-order valence-electron chi connectivity index (χ1n) is 5.59. The highest BCUT2D eigenvalue weighted by atomic mass is 32.2. The number of hydrogen-bond acceptors (Lipinski definition) is 6. The van der Waals surface area contributed by atoms with Crippen LogP contribution in [0, 0.1) is 0 Å². The van der Waals surface area contributed by atoms with Crippen LogP contribution in [0.3, 0.4) is 0 Å². The molecule has 1 aliphatic heterocycles. The molecule has 2 aromatic rings. The van der Waals surface area contributed by atoms with Crippen molar-refractivity contribution >= 4 is 28.7 Å². The Bertz CT molecular complexity index is 518. The molecule has 2 aromatic heterocycles. The van der Waals surface area contributed by atoms with Crippen LogP contribution in [-0.2, 0) is 6.42 Å². The van der Waals surface area contributed by atoms with E-state index in [1.807, 2.05) is 11.8 Å². The van der Waals surface area contributed by atoms with Gasteiger partial charge in [-0.25, -0.2) is 15.0 Å². The SMILES string of the molecule is Nc1ncnc2nc(CC3CSCCN3)[nH]c12. The maximum Gasteiger partial charge on any atom is 0.183 e. The summed E-state index contributed by atoms with van der Waals surface area (Å²) in [5.41, 5.74) is 7.15. The van der Waals surface area contributed by atoms with E-state index >= 15 is 0 Å². The molecule has 1 unspecified atom stereocenters. The summed E-state index contributed by atoms with van der Waals surface area (Å²) in [6.07, 6.45) is 2.32. The number of aromatic nitrogens is 4. The number of imidazole rings is 1. The highest BCUT2D eigenvalue weighted by molar-refractivity contribution is 7.99. The lowest BCUT2D eigenvalue weighted by atomic mass is 10.2. The highest BCUT2D eigenvalue weighted by Crippen LogP contribution is 2.16. The molecule has 1 fully saturated rings. The van der Waals surface area contributed by atoms with Crippen molar-refractivity contribution in [3.63, 3.8) is 0 Å². The molecule has 0 bridgehead atoms. The van der Waals surface area contributed by atoms with E-state index in [0.29, 0.717) is 17.5 Å². The molecule has 3 rings (SSSR count). The van der Waals surface area contributed by atoms with Crippen molar-refractivity contribution in [3.8, 4) is 0 Å². The fraction of sp³-hybridized carbons (Fsp3) is 0.500. The quantitative estimate of drug-likeness (QED) is 0.704. The monoisotopic (exact) mass is 250 g/mol. The van der Waals surface area contributed by atoms with Crippen LogP contribution in [0.4, 0.5) is 5.82 Å². The average Bonchev–Trinajstić information content (AvgIpc) is 2.74. The van der Waals surface area contributed by atoms with Gasteiger partial charge >= 0.3 is 0 Å². The van der Waals surface area contributed by atoms with Gasteiger partial charge in [-0.2, -0.15) is 11.8 Å². The minimum Gasteiger partial charge on any atom is -0.382 e. The largest absolute Gasteiger partial charge is 0.382 e. The van der Waals surface area contributed by atoms with Gasteiger partial charge in [0.25, 0.3) is 0 Å². The third-order valence-corrected chi connectivity index (χ3v) is 3.94. The van der Waals surface area contributed by atoms with Crippen LogP contribution in [0.5, 0.6) is 0 Å². The zero-order chi connectivity index (χ0) is 11.7. The van der Waals surface area contributed by atoms with E-state index in [2.05, 4.69) is 25.3 Å². The second-order valence-electron chi connectivity index (χ2n) is 4.07. The van der Waals surface area contributed by atoms with Gasteiger partial charge in [0, 0.05) is 30.5 Å². The molecule has 0 aromatic carbocycles. The number of thioether (sulfide) groups is 1. The van der Waals surface area contributed by atoms with Gasteiger partial charge in [-0.1, -0.05) is 0 Å². The van der Waals surface area contributed by atoms with Crippen LogP contribution in [0.2, 0.25) is 0 Å². The molecular weight excluding hydrogens is 236 g/mol. The first kappa shape index (κ1) is 10.8. The Balaban J connectivity index is 1.83. The maximum absolute atomic E-state index is 5.76. The van der Waals surface area contributed by atoms with E-state index in [9.17, 15) is 0 Å². The van der Waals surface area contributed by atoms with Gasteiger partial charge in [-0.15, -0.1) is 0 Å². The molecule has 1 atom stereocenters. The molecule has 6 nitrogen and oxygen atoms in total. The minimum absolute atomic E-state index is 0.458. The lowest BCUT2D eigenvalue weighted by Crippen LogP contribution is -2.39. The van der Waals surface area contributed by atoms with Crippen molar-refractivity contribution in [1.82, 2.24) is 25.3 Å². The standard InChI is InChI=1S/C10H14N6S/c11-9-8-10(14-5-13-9)16-7(15-8)3-6-4-17-2-1-12-6/h5-6,12H,1-4H2,(H3,11,13,14,15,16). The molecule has 0 radical (unpaired) electrons. The topological polar surface area (TPSA) is 92.5 Å². The van der Waals surface area contributed by atoms with Crippen LogP contribution >= 0.6 is 11.8 Å². The Morgan fingerprint density at radius 1 is 1.47 bits per heavy atom. The Morgan fingerprint density at radius 3 is 3.18 bits per heavy atom. The molecule has 17 heavy (non-hydrogen) atoms. The molecule has 1 aliphatic rings. The van der Waals surface area contributed by atoms with E-state index in [1.54, 1.807) is 0 Å². The van der Waals surface area contributed by atoms with Crippen LogP contribution in [0.1, 0.15) is 5.82 Å². The third-order valence-electron chi connectivity index (χ3n) is 2.80. The number of hydrogen-bond donors (Lipinski definition) is 3. The molecule has 4 N–H and O–H groups in total. The number of rotatable bonds is 2. The molecule has 0 amide bonds. The highest BCUT2D eigenvalue weighted by Gasteiger charge is 2.16. The fourth-order valence-corrected chi connectivity index (χ4v) is 2.92. The zero-order valence-electron chi connectivity index (χ0n) is 9.31. The predicted molar refractivity (Wildman–Crippen MR) is 68.9 cm³/mol. The smallest absolute Gasteiger partial charge is 0.183 e. The summed E-state index contributed by atoms with van der Waals surface area (Å²) in [6.45, 7) is 1.07. The van der Waals surface area contributed by atoms with Gasteiger partial charge in [0.05, 0.1) is 0 Å². The van der Waals surface area contributed by atoms with Gasteiger partial charge in [0.15, 0.2) is 11.5 Å². The zero-order valence-corrected chi connectivity index (χ0v) is 10.1. The number of aromatic amines is 1. The maximum atomic E-state index is 5.76. The molecule has 7 heteroatoms. The molecule has 0 aliphatic carbocycles. The first-order chi connectivity index (χ1) is 8.33. The summed E-state index contributed by atoms with van der Waals surface area (Å²) in [7, 11) is 0. The number of nitrogens with zero attached hydrogens (tertiary/aromatic N) is 3. The van der Waals surface area contributed by atoms with Gasteiger partial charge in [-0.3, -0.25) is 0 Å². The lowest BCUT2D eigenvalue weighted by molar-refractivity contribution is 0.553. The lowest BCUT2D eigenvalue weighted by Gasteiger charge is -2.21. The molecule has 0 saturated carbocycles. The van der Waals surface area contributed by atoms with Crippen molar-refractivity contribution in [3.05, 3.63) is 12.2 Å². The third kappa shape index (κ3) is 2.20. The van der Waals surface area contributed by atoms with E-state index in [-0.39, 0.29) is 0 Å². The number of anilines is 1. The molecule has 1 saturated heterocycles. The normalized spacial score (nSPS) is 20.8. The second-order valence-corrected chi connectivity index (χ2v) is 5.22. The van der Waals surface area contributed by atoms with Crippen molar-refractivity contribution < 1.29 is 0 Å². The Kier molecular flexibility index (Phi) is 2.86. The number of nitrogen functional groups attached to an aromatic ring is 1. The van der Waals surface area contributed by atoms with E-state index in [4.69, 9.17) is 5.73 Å². The summed E-state index contributed by atoms with van der Waals surface area (Å²) < 4.78 is 0. The first-order valence-corrected chi connectivity index (χ1v) is 6.74. The van der Waals surface area contributed by atoms with Gasteiger partial charge in [0.1, 0.15) is 17.7 Å². The van der Waals surface area contributed by atoms with Crippen LogP contribution in [-0.4, -0.2) is 44.0 Å². The molecular formula is C10H14N6S. The Morgan fingerprint density at radius 2 is 2.41 bits per heavy atom. The summed E-state index contributed by atoms with van der Waals surface area (Å²) in [5, 5.41) is 3.48. The van der Waals surface area contributed by atoms with Gasteiger partial charge in [-0.05, 0) is 0 Å². The van der Waals surface area contributed by atoms with Crippen molar-refractivity contribution in [1.29, 1.82) is 0 Å². The van der Waals surface area contributed by atoms with Gasteiger partial charge in [0.2, 0.25) is 0 Å². The van der Waals surface area contributed by atoms with Crippen LogP contribution < -0.4 is 11.1 Å². The summed E-state index contributed by atoms with van der Waals surface area (Å²) in [4.78, 5) is 15.7. The van der Waals surface area contributed by atoms with Gasteiger partial charge < -0.3 is 16.0 Å². The number of H-pyrrole nitrogens is 1. The summed E-state index contributed by atoms with van der Waals surface area (Å²) >= 11 is 1.98. The molecule has 3 heterocycles. The van der Waals surface area contributed by atoms with E-state index in [1.165, 1.54) is 12.1 Å². The van der Waals surface area contributed by atoms with E-state index < -0.39 is 0 Å². The van der Waals surface area contributed by atoms with Crippen LogP contribution in [0.25, 0.3) is 11.2 Å². The summed E-state index contributed by atoms with van der Waals surface area (Å²) in [6, 6.07) is 0.475.